The van der Waals surface area contributed by atoms with Gasteiger partial charge in [-0.15, -0.1) is 11.3 Å². The quantitative estimate of drug-likeness (QED) is 0.707. The molecule has 4 rings (SSSR count). The average molecular weight is 401 g/mol. The molecule has 146 valence electrons. The molecular formula is C19H20FN5O2S. The van der Waals surface area contributed by atoms with E-state index in [-0.39, 0.29) is 18.1 Å². The van der Waals surface area contributed by atoms with E-state index in [1.807, 2.05) is 18.4 Å². The molecule has 1 aliphatic heterocycles. The van der Waals surface area contributed by atoms with Crippen molar-refractivity contribution in [1.82, 2.24) is 19.9 Å². The van der Waals surface area contributed by atoms with Crippen molar-refractivity contribution < 1.29 is 13.9 Å². The van der Waals surface area contributed by atoms with Gasteiger partial charge >= 0.3 is 0 Å². The van der Waals surface area contributed by atoms with E-state index >= 15 is 0 Å². The van der Waals surface area contributed by atoms with Crippen LogP contribution >= 0.6 is 11.3 Å². The average Bonchev–Trinajstić information content (AvgIpc) is 3.36. The zero-order valence-corrected chi connectivity index (χ0v) is 16.4. The van der Waals surface area contributed by atoms with Crippen molar-refractivity contribution in [3.8, 4) is 0 Å². The Balaban J connectivity index is 1.63. The van der Waals surface area contributed by atoms with Gasteiger partial charge in [0.1, 0.15) is 5.82 Å². The lowest BCUT2D eigenvalue weighted by molar-refractivity contribution is 0.0721. The fourth-order valence-electron chi connectivity index (χ4n) is 3.27. The number of likely N-dealkylation sites (tertiary alicyclic amines) is 1. The number of anilines is 1. The summed E-state index contributed by atoms with van der Waals surface area (Å²) in [4.78, 5) is 27.7. The van der Waals surface area contributed by atoms with E-state index in [0.29, 0.717) is 35.8 Å². The monoisotopic (exact) mass is 401 g/mol. The van der Waals surface area contributed by atoms with Crippen LogP contribution in [0.2, 0.25) is 0 Å². The molecule has 2 atom stereocenters. The van der Waals surface area contributed by atoms with Crippen molar-refractivity contribution in [2.24, 2.45) is 0 Å². The van der Waals surface area contributed by atoms with E-state index in [0.717, 1.165) is 17.3 Å². The summed E-state index contributed by atoms with van der Waals surface area (Å²) in [5.74, 6) is -0.205. The van der Waals surface area contributed by atoms with Gasteiger partial charge in [0, 0.05) is 26.4 Å². The molecule has 1 fully saturated rings. The molecule has 3 aromatic heterocycles. The minimum Gasteiger partial charge on any atom is -0.380 e. The Kier molecular flexibility index (Phi) is 5.19. The number of rotatable bonds is 5. The summed E-state index contributed by atoms with van der Waals surface area (Å²) in [5, 5.41) is 5.04. The van der Waals surface area contributed by atoms with Gasteiger partial charge in [0.15, 0.2) is 5.69 Å². The molecule has 2 unspecified atom stereocenters. The van der Waals surface area contributed by atoms with Crippen LogP contribution in [0.1, 0.15) is 35.4 Å². The topological polar surface area (TPSA) is 80.2 Å². The SMILES string of the molecule is COC1CCN(C(=O)c2nc(NC(C)c3cncc(F)c3)nc3ccsc23)C1. The van der Waals surface area contributed by atoms with Crippen molar-refractivity contribution in [2.45, 2.75) is 25.5 Å². The molecule has 1 amide bonds. The Morgan fingerprint density at radius 1 is 1.43 bits per heavy atom. The molecule has 0 spiro atoms. The number of carbonyl (C=O) groups excluding carboxylic acids is 1. The first-order chi connectivity index (χ1) is 13.5. The number of ether oxygens (including phenoxy) is 1. The second-order valence-electron chi connectivity index (χ2n) is 6.73. The summed E-state index contributed by atoms with van der Waals surface area (Å²) in [6.45, 7) is 3.06. The van der Waals surface area contributed by atoms with Crippen LogP contribution in [0.15, 0.2) is 29.9 Å². The van der Waals surface area contributed by atoms with Gasteiger partial charge in [-0.05, 0) is 36.4 Å². The number of hydrogen-bond donors (Lipinski definition) is 1. The van der Waals surface area contributed by atoms with Crippen LogP contribution in [0.3, 0.4) is 0 Å². The molecule has 9 heteroatoms. The number of aromatic nitrogens is 3. The highest BCUT2D eigenvalue weighted by Crippen LogP contribution is 2.27. The van der Waals surface area contributed by atoms with Crippen molar-refractivity contribution in [3.05, 3.63) is 47.0 Å². The smallest absolute Gasteiger partial charge is 0.274 e. The van der Waals surface area contributed by atoms with E-state index < -0.39 is 5.82 Å². The first-order valence-corrected chi connectivity index (χ1v) is 9.87. The molecule has 4 heterocycles. The van der Waals surface area contributed by atoms with E-state index in [9.17, 15) is 9.18 Å². The van der Waals surface area contributed by atoms with Gasteiger partial charge in [0.2, 0.25) is 5.95 Å². The summed E-state index contributed by atoms with van der Waals surface area (Å²) >= 11 is 1.44. The summed E-state index contributed by atoms with van der Waals surface area (Å²) < 4.78 is 19.6. The zero-order chi connectivity index (χ0) is 19.7. The summed E-state index contributed by atoms with van der Waals surface area (Å²) in [5.41, 5.74) is 1.76. The van der Waals surface area contributed by atoms with Gasteiger partial charge in [-0.2, -0.15) is 0 Å². The van der Waals surface area contributed by atoms with Gasteiger partial charge in [-0.25, -0.2) is 14.4 Å². The Labute approximate surface area is 165 Å². The lowest BCUT2D eigenvalue weighted by Gasteiger charge is -2.18. The van der Waals surface area contributed by atoms with Gasteiger partial charge in [-0.3, -0.25) is 9.78 Å². The minimum atomic E-state index is -0.405. The van der Waals surface area contributed by atoms with E-state index in [2.05, 4.69) is 20.3 Å². The van der Waals surface area contributed by atoms with Gasteiger partial charge in [0.25, 0.3) is 5.91 Å². The normalized spacial score (nSPS) is 17.8. The molecule has 28 heavy (non-hydrogen) atoms. The number of thiophene rings is 1. The van der Waals surface area contributed by atoms with Crippen molar-refractivity contribution in [2.75, 3.05) is 25.5 Å². The molecule has 0 aromatic carbocycles. The molecule has 0 aliphatic carbocycles. The Morgan fingerprint density at radius 2 is 2.29 bits per heavy atom. The van der Waals surface area contributed by atoms with Crippen LogP contribution < -0.4 is 5.32 Å². The number of nitrogens with one attached hydrogen (secondary N) is 1. The third-order valence-corrected chi connectivity index (χ3v) is 5.75. The lowest BCUT2D eigenvalue weighted by atomic mass is 10.1. The van der Waals surface area contributed by atoms with Crippen LogP contribution in [0.25, 0.3) is 10.2 Å². The van der Waals surface area contributed by atoms with Crippen LogP contribution in [-0.2, 0) is 4.74 Å². The van der Waals surface area contributed by atoms with Gasteiger partial charge in [-0.1, -0.05) is 0 Å². The van der Waals surface area contributed by atoms with Crippen molar-refractivity contribution in [1.29, 1.82) is 0 Å². The molecule has 1 aliphatic rings. The number of fused-ring (bicyclic) bond motifs is 1. The molecule has 1 saturated heterocycles. The minimum absolute atomic E-state index is 0.0581. The predicted octanol–water partition coefficient (Wildman–Crippen LogP) is 3.26. The van der Waals surface area contributed by atoms with Crippen molar-refractivity contribution >= 4 is 33.4 Å². The fraction of sp³-hybridized carbons (Fsp3) is 0.368. The van der Waals surface area contributed by atoms with Crippen LogP contribution in [-0.4, -0.2) is 52.1 Å². The maximum atomic E-state index is 13.5. The number of nitrogens with zero attached hydrogens (tertiary/aromatic N) is 4. The number of amides is 1. The molecule has 3 aromatic rings. The molecule has 0 radical (unpaired) electrons. The number of halogens is 1. The zero-order valence-electron chi connectivity index (χ0n) is 15.6. The standard InChI is InChI=1S/C19H20FN5O2S/c1-11(12-7-13(20)9-21-8-12)22-19-23-15-4-6-28-17(15)16(24-19)18(26)25-5-3-14(10-25)27-2/h4,6-9,11,14H,3,5,10H2,1-2H3,(H,22,23,24). The highest BCUT2D eigenvalue weighted by Gasteiger charge is 2.29. The number of carbonyl (C=O) groups is 1. The highest BCUT2D eigenvalue weighted by molar-refractivity contribution is 7.17. The third-order valence-electron chi connectivity index (χ3n) is 4.84. The second kappa shape index (κ2) is 7.76. The molecular weight excluding hydrogens is 381 g/mol. The van der Waals surface area contributed by atoms with E-state index in [1.54, 1.807) is 18.2 Å². The summed E-state index contributed by atoms with van der Waals surface area (Å²) in [6.07, 6.45) is 3.62. The first-order valence-electron chi connectivity index (χ1n) is 8.99. The Bertz CT molecular complexity index is 1010. The molecule has 0 bridgehead atoms. The summed E-state index contributed by atoms with van der Waals surface area (Å²) in [6, 6.07) is 3.00. The largest absolute Gasteiger partial charge is 0.380 e. The van der Waals surface area contributed by atoms with Gasteiger partial charge in [0.05, 0.1) is 28.6 Å². The molecule has 7 nitrogen and oxygen atoms in total. The number of pyridine rings is 1. The van der Waals surface area contributed by atoms with Crippen LogP contribution in [0.4, 0.5) is 10.3 Å². The highest BCUT2D eigenvalue weighted by atomic mass is 32.1. The summed E-state index contributed by atoms with van der Waals surface area (Å²) in [7, 11) is 1.66. The Morgan fingerprint density at radius 3 is 3.04 bits per heavy atom. The fourth-order valence-corrected chi connectivity index (χ4v) is 4.08. The Hall–Kier alpha value is -2.65. The number of methoxy groups -OCH3 is 1. The third kappa shape index (κ3) is 3.67. The maximum absolute atomic E-state index is 13.5. The van der Waals surface area contributed by atoms with Crippen LogP contribution in [0.5, 0.6) is 0 Å². The predicted molar refractivity (Wildman–Crippen MR) is 105 cm³/mol. The van der Waals surface area contributed by atoms with E-state index in [1.165, 1.54) is 17.4 Å². The van der Waals surface area contributed by atoms with E-state index in [4.69, 9.17) is 4.74 Å². The molecule has 1 N–H and O–H groups in total. The number of hydrogen-bond acceptors (Lipinski definition) is 7. The van der Waals surface area contributed by atoms with Crippen LogP contribution in [0, 0.1) is 5.82 Å². The van der Waals surface area contributed by atoms with Gasteiger partial charge < -0.3 is 15.0 Å². The first kappa shape index (κ1) is 18.7. The maximum Gasteiger partial charge on any atom is 0.274 e. The molecule has 0 saturated carbocycles. The lowest BCUT2D eigenvalue weighted by Crippen LogP contribution is -2.31. The second-order valence-corrected chi connectivity index (χ2v) is 7.65. The van der Waals surface area contributed by atoms with Crippen molar-refractivity contribution in [3.63, 3.8) is 0 Å².